The van der Waals surface area contributed by atoms with Crippen molar-refractivity contribution in [2.75, 3.05) is 66.6 Å². The summed E-state index contributed by atoms with van der Waals surface area (Å²) < 4.78 is 1.97. The van der Waals surface area contributed by atoms with Gasteiger partial charge in [0.25, 0.3) is 0 Å². The highest BCUT2D eigenvalue weighted by Crippen LogP contribution is 2.14. The van der Waals surface area contributed by atoms with Gasteiger partial charge in [0, 0.05) is 0 Å². The maximum Gasteiger partial charge on any atom is 0.102 e. The second-order valence-electron chi connectivity index (χ2n) is 11.9. The molecule has 4 nitrogen and oxygen atoms in total. The zero-order chi connectivity index (χ0) is 28.1. The summed E-state index contributed by atoms with van der Waals surface area (Å²) in [7, 11) is 4.46. The van der Waals surface area contributed by atoms with Crippen LogP contribution in [0.1, 0.15) is 137 Å². The summed E-state index contributed by atoms with van der Waals surface area (Å²) in [6, 6.07) is 0. The minimum absolute atomic E-state index is 0. The van der Waals surface area contributed by atoms with E-state index >= 15 is 0 Å². The largest absolute Gasteiger partial charge is 1.00 e. The van der Waals surface area contributed by atoms with Crippen LogP contribution in [0.25, 0.3) is 0 Å². The topological polar surface area (TPSA) is 40.5 Å². The van der Waals surface area contributed by atoms with Gasteiger partial charge in [0.05, 0.1) is 53.5 Å². The Balaban J connectivity index is -0.000000476. The summed E-state index contributed by atoms with van der Waals surface area (Å²) in [6.45, 7) is 15.6. The van der Waals surface area contributed by atoms with Crippen molar-refractivity contribution in [2.24, 2.45) is 0 Å². The summed E-state index contributed by atoms with van der Waals surface area (Å²) in [4.78, 5) is 0. The molecule has 0 saturated carbocycles. The molecule has 0 aliphatic rings. The summed E-state index contributed by atoms with van der Waals surface area (Å²) in [5.74, 6) is 0. The molecule has 0 spiro atoms. The predicted octanol–water partition coefficient (Wildman–Crippen LogP) is 2.13. The van der Waals surface area contributed by atoms with Crippen LogP contribution >= 0.6 is 0 Å². The van der Waals surface area contributed by atoms with E-state index < -0.39 is 0 Å². The lowest BCUT2D eigenvalue weighted by Gasteiger charge is -2.33. The second kappa shape index (κ2) is 34.4. The van der Waals surface area contributed by atoms with Crippen LogP contribution in [-0.2, 0) is 0 Å². The van der Waals surface area contributed by atoms with E-state index in [-0.39, 0.29) is 24.8 Å². The van der Waals surface area contributed by atoms with Crippen LogP contribution in [0, 0.1) is 0 Å². The van der Waals surface area contributed by atoms with Crippen LogP contribution in [-0.4, -0.2) is 85.8 Å². The highest BCUT2D eigenvalue weighted by molar-refractivity contribution is 4.80. The molecule has 2 N–H and O–H groups in total. The number of allylic oxidation sites excluding steroid dienone is 1. The molecule has 0 bridgehead atoms. The SMILES string of the molecule is CC/C=C\C[N+](C)(CCO)CCCCCCCCCCCCCCCCCC.CC[N+](C)(CC)CCO.[Cl-].[Cl-]. The van der Waals surface area contributed by atoms with E-state index in [2.05, 4.69) is 53.9 Å². The first-order valence-electron chi connectivity index (χ1n) is 16.4. The van der Waals surface area contributed by atoms with Gasteiger partial charge in [-0.2, -0.15) is 0 Å². The Morgan fingerprint density at radius 1 is 0.462 bits per heavy atom. The van der Waals surface area contributed by atoms with E-state index in [9.17, 15) is 5.11 Å². The van der Waals surface area contributed by atoms with Crippen molar-refractivity contribution >= 4 is 0 Å². The number of nitrogens with zero attached hydrogens (tertiary/aromatic N) is 2. The molecule has 0 aromatic rings. The van der Waals surface area contributed by atoms with E-state index in [4.69, 9.17) is 5.11 Å². The molecule has 0 rings (SSSR count). The number of quaternary nitrogens is 2. The minimum atomic E-state index is 0. The monoisotopic (exact) mass is 598 g/mol. The van der Waals surface area contributed by atoms with Crippen molar-refractivity contribution in [3.8, 4) is 0 Å². The highest BCUT2D eigenvalue weighted by atomic mass is 35.5. The third kappa shape index (κ3) is 32.5. The van der Waals surface area contributed by atoms with Crippen LogP contribution < -0.4 is 24.8 Å². The second-order valence-corrected chi connectivity index (χ2v) is 11.9. The average Bonchev–Trinajstić information content (AvgIpc) is 2.89. The minimum Gasteiger partial charge on any atom is -1.00 e. The Bertz CT molecular complexity index is 477. The molecule has 0 saturated heterocycles. The summed E-state index contributed by atoms with van der Waals surface area (Å²) in [5.41, 5.74) is 0. The van der Waals surface area contributed by atoms with Crippen LogP contribution in [0.3, 0.4) is 0 Å². The third-order valence-corrected chi connectivity index (χ3v) is 8.31. The van der Waals surface area contributed by atoms with Gasteiger partial charge in [-0.15, -0.1) is 0 Å². The number of hydrogen-bond donors (Lipinski definition) is 2. The standard InChI is InChI=1S/C26H54NO.C7H18NO.2ClH/c1-4-6-8-9-10-11-12-13-14-15-16-17-18-19-20-22-24-27(3,25-26-28)23-21-7-5-2;1-4-8(3,5-2)6-7-9;;/h7,21,28H,4-6,8-20,22-26H2,1-3H3;9H,4-7H2,1-3H3;2*1H/q2*+1;;/p-2/b21-7-;;;. The van der Waals surface area contributed by atoms with Gasteiger partial charge >= 0.3 is 0 Å². The molecule has 6 heteroatoms. The fraction of sp³-hybridized carbons (Fsp3) is 0.939. The van der Waals surface area contributed by atoms with Crippen LogP contribution in [0.5, 0.6) is 0 Å². The zero-order valence-electron chi connectivity index (χ0n) is 27.4. The molecule has 0 aliphatic heterocycles. The molecule has 39 heavy (non-hydrogen) atoms. The van der Waals surface area contributed by atoms with Gasteiger partial charge in [-0.05, 0) is 39.2 Å². The third-order valence-electron chi connectivity index (χ3n) is 8.31. The molecule has 0 aromatic heterocycles. The van der Waals surface area contributed by atoms with Crippen molar-refractivity contribution in [1.29, 1.82) is 0 Å². The first-order valence-corrected chi connectivity index (χ1v) is 16.4. The van der Waals surface area contributed by atoms with E-state index in [1.165, 1.54) is 109 Å². The first-order chi connectivity index (χ1) is 17.9. The fourth-order valence-corrected chi connectivity index (χ4v) is 4.85. The quantitative estimate of drug-likeness (QED) is 0.0909. The molecule has 0 aromatic carbocycles. The number of rotatable bonds is 26. The number of aliphatic hydroxyl groups is 2. The Labute approximate surface area is 259 Å². The molecule has 0 aliphatic carbocycles. The number of halogens is 2. The molecule has 1 unspecified atom stereocenters. The van der Waals surface area contributed by atoms with Crippen molar-refractivity contribution in [3.63, 3.8) is 0 Å². The van der Waals surface area contributed by atoms with Crippen LogP contribution in [0.2, 0.25) is 0 Å². The van der Waals surface area contributed by atoms with Crippen molar-refractivity contribution < 1.29 is 44.0 Å². The lowest BCUT2D eigenvalue weighted by molar-refractivity contribution is -0.906. The van der Waals surface area contributed by atoms with Gasteiger partial charge in [-0.3, -0.25) is 0 Å². The maximum atomic E-state index is 9.35. The Morgan fingerprint density at radius 3 is 1.13 bits per heavy atom. The van der Waals surface area contributed by atoms with Gasteiger partial charge in [0.2, 0.25) is 0 Å². The molecule has 240 valence electrons. The summed E-state index contributed by atoms with van der Waals surface area (Å²) in [6.07, 6.45) is 28.4. The number of unbranched alkanes of at least 4 members (excludes halogenated alkanes) is 15. The molecule has 0 fully saturated rings. The Kier molecular flexibility index (Phi) is 40.6. The predicted molar refractivity (Wildman–Crippen MR) is 166 cm³/mol. The molecule has 1 atom stereocenters. The lowest BCUT2D eigenvalue weighted by Crippen LogP contribution is -3.00. The van der Waals surface area contributed by atoms with Gasteiger partial charge in [0.15, 0.2) is 0 Å². The van der Waals surface area contributed by atoms with Crippen molar-refractivity contribution in [3.05, 3.63) is 12.2 Å². The maximum absolute atomic E-state index is 9.35. The van der Waals surface area contributed by atoms with Gasteiger partial charge in [-0.25, -0.2) is 0 Å². The van der Waals surface area contributed by atoms with Gasteiger partial charge in [-0.1, -0.05) is 110 Å². The van der Waals surface area contributed by atoms with Gasteiger partial charge < -0.3 is 44.0 Å². The van der Waals surface area contributed by atoms with Crippen LogP contribution in [0.4, 0.5) is 0 Å². The van der Waals surface area contributed by atoms with Gasteiger partial charge in [0.1, 0.15) is 13.1 Å². The molecular formula is C33H72Cl2N2O2. The first kappa shape index (κ1) is 46.1. The van der Waals surface area contributed by atoms with E-state index in [0.717, 1.165) is 48.1 Å². The van der Waals surface area contributed by atoms with Crippen LogP contribution in [0.15, 0.2) is 12.2 Å². The van der Waals surface area contributed by atoms with E-state index in [1.807, 2.05) is 0 Å². The number of hydrogen-bond acceptors (Lipinski definition) is 2. The summed E-state index contributed by atoms with van der Waals surface area (Å²) >= 11 is 0. The highest BCUT2D eigenvalue weighted by Gasteiger charge is 2.18. The normalized spacial score (nSPS) is 12.8. The average molecular weight is 600 g/mol. The lowest BCUT2D eigenvalue weighted by atomic mass is 10.0. The van der Waals surface area contributed by atoms with Crippen molar-refractivity contribution in [1.82, 2.24) is 0 Å². The smallest absolute Gasteiger partial charge is 0.102 e. The summed E-state index contributed by atoms with van der Waals surface area (Å²) in [5, 5.41) is 18.0. The fourth-order valence-electron chi connectivity index (χ4n) is 4.85. The Hall–Kier alpha value is 0.160. The Morgan fingerprint density at radius 2 is 0.821 bits per heavy atom. The number of aliphatic hydroxyl groups excluding tert-OH is 2. The molecule has 0 amide bonds. The number of likely N-dealkylation sites (N-methyl/N-ethyl adjacent to an activating group) is 2. The molecular weight excluding hydrogens is 527 g/mol. The molecule has 0 heterocycles. The zero-order valence-corrected chi connectivity index (χ0v) is 28.9. The molecule has 0 radical (unpaired) electrons. The van der Waals surface area contributed by atoms with E-state index in [1.54, 1.807) is 0 Å². The van der Waals surface area contributed by atoms with Crippen molar-refractivity contribution in [2.45, 2.75) is 137 Å². The van der Waals surface area contributed by atoms with E-state index in [0.29, 0.717) is 13.2 Å².